The summed E-state index contributed by atoms with van der Waals surface area (Å²) in [6.07, 6.45) is 4.95. The first kappa shape index (κ1) is 11.3. The zero-order chi connectivity index (χ0) is 10.6. The second-order valence-electron chi connectivity index (χ2n) is 4.52. The average molecular weight is 198 g/mol. The lowest BCUT2D eigenvalue weighted by molar-refractivity contribution is 0.195. The summed E-state index contributed by atoms with van der Waals surface area (Å²) in [5.74, 6) is 1.32. The molecule has 1 aliphatic rings. The highest BCUT2D eigenvalue weighted by Crippen LogP contribution is 2.29. The van der Waals surface area contributed by atoms with E-state index in [0.29, 0.717) is 17.9 Å². The number of carbonyl (C=O) groups excluding carboxylic acids is 1. The van der Waals surface area contributed by atoms with Gasteiger partial charge in [-0.25, -0.2) is 4.79 Å². The van der Waals surface area contributed by atoms with Crippen molar-refractivity contribution in [3.63, 3.8) is 0 Å². The molecule has 1 rings (SSSR count). The summed E-state index contributed by atoms with van der Waals surface area (Å²) in [6, 6.07) is 0.339. The normalized spacial score (nSPS) is 27.4. The molecule has 2 unspecified atom stereocenters. The van der Waals surface area contributed by atoms with Crippen LogP contribution in [0.25, 0.3) is 0 Å². The van der Waals surface area contributed by atoms with Gasteiger partial charge in [0.1, 0.15) is 0 Å². The molecule has 3 nitrogen and oxygen atoms in total. The Morgan fingerprint density at radius 3 is 2.50 bits per heavy atom. The number of nitrogens with one attached hydrogen (secondary N) is 2. The Kier molecular flexibility index (Phi) is 4.23. The van der Waals surface area contributed by atoms with Crippen molar-refractivity contribution in [2.75, 3.05) is 7.05 Å². The minimum absolute atomic E-state index is 0.0393. The van der Waals surface area contributed by atoms with Gasteiger partial charge in [-0.05, 0) is 24.7 Å². The Morgan fingerprint density at radius 1 is 1.29 bits per heavy atom. The summed E-state index contributed by atoms with van der Waals surface area (Å²) in [5.41, 5.74) is 0. The van der Waals surface area contributed by atoms with Crippen molar-refractivity contribution in [3.8, 4) is 0 Å². The first-order valence-electron chi connectivity index (χ1n) is 5.63. The molecule has 2 N–H and O–H groups in total. The van der Waals surface area contributed by atoms with Crippen molar-refractivity contribution < 1.29 is 4.79 Å². The summed E-state index contributed by atoms with van der Waals surface area (Å²) in [7, 11) is 1.67. The van der Waals surface area contributed by atoms with Gasteiger partial charge < -0.3 is 10.6 Å². The summed E-state index contributed by atoms with van der Waals surface area (Å²) in [4.78, 5) is 11.2. The Bertz CT molecular complexity index is 192. The standard InChI is InChI=1S/C11H22N2O/c1-8(2)9-6-4-5-7-10(9)13-11(14)12-3/h8-10H,4-7H2,1-3H3,(H2,12,13,14). The third kappa shape index (κ3) is 2.89. The first-order valence-corrected chi connectivity index (χ1v) is 5.63. The van der Waals surface area contributed by atoms with Crippen LogP contribution in [0, 0.1) is 11.8 Å². The molecule has 1 fully saturated rings. The van der Waals surface area contributed by atoms with Gasteiger partial charge in [0.25, 0.3) is 0 Å². The third-order valence-corrected chi connectivity index (χ3v) is 3.22. The molecule has 0 aliphatic heterocycles. The zero-order valence-electron chi connectivity index (χ0n) is 9.47. The second-order valence-corrected chi connectivity index (χ2v) is 4.52. The average Bonchev–Trinajstić information content (AvgIpc) is 2.18. The lowest BCUT2D eigenvalue weighted by Crippen LogP contribution is -2.47. The summed E-state index contributed by atoms with van der Waals surface area (Å²) in [5, 5.41) is 5.67. The van der Waals surface area contributed by atoms with Crippen molar-refractivity contribution in [2.45, 2.75) is 45.6 Å². The van der Waals surface area contributed by atoms with Gasteiger partial charge in [0.05, 0.1) is 0 Å². The molecular formula is C11H22N2O. The van der Waals surface area contributed by atoms with Crippen LogP contribution >= 0.6 is 0 Å². The molecule has 82 valence electrons. The van der Waals surface area contributed by atoms with E-state index < -0.39 is 0 Å². The summed E-state index contributed by atoms with van der Waals surface area (Å²) in [6.45, 7) is 4.49. The number of urea groups is 1. The summed E-state index contributed by atoms with van der Waals surface area (Å²) < 4.78 is 0. The smallest absolute Gasteiger partial charge is 0.314 e. The van der Waals surface area contributed by atoms with Gasteiger partial charge in [-0.1, -0.05) is 26.7 Å². The molecule has 1 aliphatic carbocycles. The van der Waals surface area contributed by atoms with E-state index in [9.17, 15) is 4.79 Å². The Balaban J connectivity index is 2.49. The quantitative estimate of drug-likeness (QED) is 0.701. The van der Waals surface area contributed by atoms with Gasteiger partial charge >= 0.3 is 6.03 Å². The molecule has 0 bridgehead atoms. The summed E-state index contributed by atoms with van der Waals surface area (Å²) >= 11 is 0. The van der Waals surface area contributed by atoms with E-state index >= 15 is 0 Å². The Labute approximate surface area is 86.6 Å². The molecule has 0 aromatic carbocycles. The maximum Gasteiger partial charge on any atom is 0.314 e. The third-order valence-electron chi connectivity index (χ3n) is 3.22. The molecule has 0 radical (unpaired) electrons. The maximum absolute atomic E-state index is 11.2. The number of amides is 2. The minimum Gasteiger partial charge on any atom is -0.341 e. The van der Waals surface area contributed by atoms with Crippen LogP contribution in [0.5, 0.6) is 0 Å². The molecule has 2 atom stereocenters. The molecule has 2 amide bonds. The molecule has 0 heterocycles. The highest BCUT2D eigenvalue weighted by atomic mass is 16.2. The van der Waals surface area contributed by atoms with Gasteiger partial charge in [-0.2, -0.15) is 0 Å². The lowest BCUT2D eigenvalue weighted by atomic mass is 9.78. The molecule has 1 saturated carbocycles. The molecule has 0 spiro atoms. The van der Waals surface area contributed by atoms with Gasteiger partial charge in [-0.3, -0.25) is 0 Å². The number of carbonyl (C=O) groups is 1. The maximum atomic E-state index is 11.2. The molecule has 0 aromatic rings. The minimum atomic E-state index is -0.0393. The highest BCUT2D eigenvalue weighted by molar-refractivity contribution is 5.73. The topological polar surface area (TPSA) is 41.1 Å². The number of rotatable bonds is 2. The van der Waals surface area contributed by atoms with Gasteiger partial charge in [0.15, 0.2) is 0 Å². The van der Waals surface area contributed by atoms with Crippen molar-refractivity contribution in [2.24, 2.45) is 11.8 Å². The van der Waals surface area contributed by atoms with Crippen LogP contribution in [0.3, 0.4) is 0 Å². The van der Waals surface area contributed by atoms with Crippen LogP contribution in [0.1, 0.15) is 39.5 Å². The van der Waals surface area contributed by atoms with Crippen molar-refractivity contribution in [1.82, 2.24) is 10.6 Å². The van der Waals surface area contributed by atoms with Crippen LogP contribution in [0.4, 0.5) is 4.79 Å². The van der Waals surface area contributed by atoms with Crippen LogP contribution < -0.4 is 10.6 Å². The van der Waals surface area contributed by atoms with Crippen molar-refractivity contribution in [1.29, 1.82) is 0 Å². The Morgan fingerprint density at radius 2 is 1.93 bits per heavy atom. The van der Waals surface area contributed by atoms with Gasteiger partial charge in [0.2, 0.25) is 0 Å². The van der Waals surface area contributed by atoms with E-state index in [1.54, 1.807) is 7.05 Å². The fourth-order valence-corrected chi connectivity index (χ4v) is 2.38. The number of hydrogen-bond acceptors (Lipinski definition) is 1. The van der Waals surface area contributed by atoms with Crippen molar-refractivity contribution >= 4 is 6.03 Å². The second kappa shape index (κ2) is 5.23. The van der Waals surface area contributed by atoms with Crippen LogP contribution in [-0.2, 0) is 0 Å². The monoisotopic (exact) mass is 198 g/mol. The first-order chi connectivity index (χ1) is 6.65. The predicted molar refractivity (Wildman–Crippen MR) is 58.2 cm³/mol. The zero-order valence-corrected chi connectivity index (χ0v) is 9.47. The van der Waals surface area contributed by atoms with E-state index in [2.05, 4.69) is 24.5 Å². The van der Waals surface area contributed by atoms with Gasteiger partial charge in [0, 0.05) is 13.1 Å². The van der Waals surface area contributed by atoms with Crippen LogP contribution in [0.15, 0.2) is 0 Å². The fraction of sp³-hybridized carbons (Fsp3) is 0.909. The molecule has 0 aromatic heterocycles. The van der Waals surface area contributed by atoms with Crippen LogP contribution in [-0.4, -0.2) is 19.1 Å². The van der Waals surface area contributed by atoms with E-state index in [-0.39, 0.29) is 6.03 Å². The predicted octanol–water partition coefficient (Wildman–Crippen LogP) is 2.13. The molecule has 3 heteroatoms. The van der Waals surface area contributed by atoms with Crippen LogP contribution in [0.2, 0.25) is 0 Å². The van der Waals surface area contributed by atoms with Gasteiger partial charge in [-0.15, -0.1) is 0 Å². The number of hydrogen-bond donors (Lipinski definition) is 2. The van der Waals surface area contributed by atoms with E-state index in [0.717, 1.165) is 6.42 Å². The fourth-order valence-electron chi connectivity index (χ4n) is 2.38. The largest absolute Gasteiger partial charge is 0.341 e. The Hall–Kier alpha value is -0.730. The molecular weight excluding hydrogens is 176 g/mol. The lowest BCUT2D eigenvalue weighted by Gasteiger charge is -2.34. The molecule has 14 heavy (non-hydrogen) atoms. The van der Waals surface area contributed by atoms with E-state index in [1.165, 1.54) is 19.3 Å². The van der Waals surface area contributed by atoms with Crippen molar-refractivity contribution in [3.05, 3.63) is 0 Å². The van der Waals surface area contributed by atoms with E-state index in [4.69, 9.17) is 0 Å². The SMILES string of the molecule is CNC(=O)NC1CCCCC1C(C)C. The van der Waals surface area contributed by atoms with E-state index in [1.807, 2.05) is 0 Å². The highest BCUT2D eigenvalue weighted by Gasteiger charge is 2.28. The molecule has 0 saturated heterocycles.